The second-order valence-electron chi connectivity index (χ2n) is 4.33. The minimum atomic E-state index is -0.161. The Labute approximate surface area is 86.8 Å². The van der Waals surface area contributed by atoms with E-state index in [1.165, 1.54) is 0 Å². The lowest BCUT2D eigenvalue weighted by Gasteiger charge is -2.15. The number of rotatable bonds is 6. The standard InChI is InChI=1S/C11H22O3/c1-8(2)6-13-7-10(5)14-11(12)9(3)4/h8-10H,6-7H2,1-5H3. The maximum atomic E-state index is 11.2. The van der Waals surface area contributed by atoms with Gasteiger partial charge in [0.1, 0.15) is 6.10 Å². The van der Waals surface area contributed by atoms with Crippen LogP contribution >= 0.6 is 0 Å². The van der Waals surface area contributed by atoms with Crippen molar-refractivity contribution in [2.75, 3.05) is 13.2 Å². The van der Waals surface area contributed by atoms with Crippen molar-refractivity contribution in [1.82, 2.24) is 0 Å². The van der Waals surface area contributed by atoms with Gasteiger partial charge >= 0.3 is 5.97 Å². The zero-order valence-electron chi connectivity index (χ0n) is 9.87. The zero-order chi connectivity index (χ0) is 11.1. The molecule has 0 aliphatic heterocycles. The van der Waals surface area contributed by atoms with Gasteiger partial charge in [-0.2, -0.15) is 0 Å². The molecule has 0 aromatic carbocycles. The van der Waals surface area contributed by atoms with E-state index in [-0.39, 0.29) is 18.0 Å². The molecule has 0 aromatic heterocycles. The van der Waals surface area contributed by atoms with E-state index >= 15 is 0 Å². The zero-order valence-corrected chi connectivity index (χ0v) is 9.87. The summed E-state index contributed by atoms with van der Waals surface area (Å²) in [7, 11) is 0. The van der Waals surface area contributed by atoms with Gasteiger partial charge < -0.3 is 9.47 Å². The highest BCUT2D eigenvalue weighted by Crippen LogP contribution is 2.02. The normalized spacial score (nSPS) is 13.4. The van der Waals surface area contributed by atoms with Gasteiger partial charge in [0.15, 0.2) is 0 Å². The first-order chi connectivity index (χ1) is 6.43. The SMILES string of the molecule is CC(C)COCC(C)OC(=O)C(C)C. The molecule has 3 heteroatoms. The number of esters is 1. The molecule has 14 heavy (non-hydrogen) atoms. The van der Waals surface area contributed by atoms with Crippen LogP contribution in [0.2, 0.25) is 0 Å². The van der Waals surface area contributed by atoms with E-state index in [9.17, 15) is 4.79 Å². The molecule has 84 valence electrons. The van der Waals surface area contributed by atoms with Crippen molar-refractivity contribution < 1.29 is 14.3 Å². The summed E-state index contributed by atoms with van der Waals surface area (Å²) in [6.07, 6.45) is -0.149. The van der Waals surface area contributed by atoms with Crippen LogP contribution in [0.15, 0.2) is 0 Å². The van der Waals surface area contributed by atoms with Crippen LogP contribution in [0.4, 0.5) is 0 Å². The van der Waals surface area contributed by atoms with Gasteiger partial charge in [-0.25, -0.2) is 0 Å². The van der Waals surface area contributed by atoms with Gasteiger partial charge in [0, 0.05) is 6.61 Å². The van der Waals surface area contributed by atoms with E-state index in [0.717, 1.165) is 0 Å². The van der Waals surface area contributed by atoms with Crippen LogP contribution in [0, 0.1) is 11.8 Å². The molecule has 1 atom stereocenters. The van der Waals surface area contributed by atoms with E-state index in [1.54, 1.807) is 0 Å². The lowest BCUT2D eigenvalue weighted by atomic mass is 10.2. The highest BCUT2D eigenvalue weighted by atomic mass is 16.6. The first-order valence-corrected chi connectivity index (χ1v) is 5.21. The van der Waals surface area contributed by atoms with Gasteiger partial charge in [-0.05, 0) is 12.8 Å². The summed E-state index contributed by atoms with van der Waals surface area (Å²) >= 11 is 0. The van der Waals surface area contributed by atoms with Crippen molar-refractivity contribution >= 4 is 5.97 Å². The lowest BCUT2D eigenvalue weighted by Crippen LogP contribution is -2.24. The van der Waals surface area contributed by atoms with E-state index in [0.29, 0.717) is 19.1 Å². The maximum Gasteiger partial charge on any atom is 0.308 e. The first-order valence-electron chi connectivity index (χ1n) is 5.21. The predicted octanol–water partition coefficient (Wildman–Crippen LogP) is 2.25. The Morgan fingerprint density at radius 1 is 1.07 bits per heavy atom. The smallest absolute Gasteiger partial charge is 0.308 e. The van der Waals surface area contributed by atoms with Crippen LogP contribution in [0.1, 0.15) is 34.6 Å². The summed E-state index contributed by atoms with van der Waals surface area (Å²) in [6, 6.07) is 0. The maximum absolute atomic E-state index is 11.2. The number of hydrogen-bond donors (Lipinski definition) is 0. The summed E-state index contributed by atoms with van der Waals surface area (Å²) in [5.74, 6) is 0.288. The second kappa shape index (κ2) is 6.82. The Morgan fingerprint density at radius 2 is 1.64 bits per heavy atom. The Bertz CT molecular complexity index is 164. The van der Waals surface area contributed by atoms with Gasteiger partial charge in [-0.1, -0.05) is 27.7 Å². The largest absolute Gasteiger partial charge is 0.460 e. The van der Waals surface area contributed by atoms with Crippen molar-refractivity contribution in [3.63, 3.8) is 0 Å². The molecule has 0 amide bonds. The molecule has 0 saturated heterocycles. The topological polar surface area (TPSA) is 35.5 Å². The molecule has 0 rings (SSSR count). The van der Waals surface area contributed by atoms with Crippen LogP contribution < -0.4 is 0 Å². The molecule has 0 heterocycles. The average Bonchev–Trinajstić information content (AvgIpc) is 2.02. The van der Waals surface area contributed by atoms with Crippen molar-refractivity contribution in [3.8, 4) is 0 Å². The van der Waals surface area contributed by atoms with Gasteiger partial charge in [-0.3, -0.25) is 4.79 Å². The Balaban J connectivity index is 3.55. The quantitative estimate of drug-likeness (QED) is 0.620. The highest BCUT2D eigenvalue weighted by Gasteiger charge is 2.12. The molecule has 3 nitrogen and oxygen atoms in total. The van der Waals surface area contributed by atoms with Crippen LogP contribution in [0.3, 0.4) is 0 Å². The van der Waals surface area contributed by atoms with Crippen LogP contribution in [0.5, 0.6) is 0 Å². The minimum absolute atomic E-state index is 0.0671. The Kier molecular flexibility index (Phi) is 6.54. The van der Waals surface area contributed by atoms with Crippen LogP contribution in [0.25, 0.3) is 0 Å². The fraction of sp³-hybridized carbons (Fsp3) is 0.909. The van der Waals surface area contributed by atoms with Crippen molar-refractivity contribution in [1.29, 1.82) is 0 Å². The first kappa shape index (κ1) is 13.4. The van der Waals surface area contributed by atoms with E-state index < -0.39 is 0 Å². The van der Waals surface area contributed by atoms with Crippen molar-refractivity contribution in [2.24, 2.45) is 11.8 Å². The van der Waals surface area contributed by atoms with Gasteiger partial charge in [0.05, 0.1) is 12.5 Å². The molecule has 0 N–H and O–H groups in total. The minimum Gasteiger partial charge on any atom is -0.460 e. The number of carbonyl (C=O) groups is 1. The second-order valence-corrected chi connectivity index (χ2v) is 4.33. The third-order valence-electron chi connectivity index (χ3n) is 1.59. The number of hydrogen-bond acceptors (Lipinski definition) is 3. The molecular weight excluding hydrogens is 180 g/mol. The van der Waals surface area contributed by atoms with Crippen molar-refractivity contribution in [3.05, 3.63) is 0 Å². The summed E-state index contributed by atoms with van der Waals surface area (Å²) in [4.78, 5) is 11.2. The molecule has 0 fully saturated rings. The fourth-order valence-corrected chi connectivity index (χ4v) is 0.838. The lowest BCUT2D eigenvalue weighted by molar-refractivity contribution is -0.154. The molecule has 0 aliphatic rings. The fourth-order valence-electron chi connectivity index (χ4n) is 0.838. The molecular formula is C11H22O3. The highest BCUT2D eigenvalue weighted by molar-refractivity contribution is 5.71. The Morgan fingerprint density at radius 3 is 2.07 bits per heavy atom. The molecule has 0 radical (unpaired) electrons. The van der Waals surface area contributed by atoms with Gasteiger partial charge in [0.2, 0.25) is 0 Å². The number of carbonyl (C=O) groups excluding carboxylic acids is 1. The third kappa shape index (κ3) is 6.89. The average molecular weight is 202 g/mol. The Hall–Kier alpha value is -0.570. The summed E-state index contributed by atoms with van der Waals surface area (Å²) in [6.45, 7) is 10.9. The van der Waals surface area contributed by atoms with Gasteiger partial charge in [0.25, 0.3) is 0 Å². The van der Waals surface area contributed by atoms with E-state index in [4.69, 9.17) is 9.47 Å². The van der Waals surface area contributed by atoms with E-state index in [1.807, 2.05) is 20.8 Å². The summed E-state index contributed by atoms with van der Waals surface area (Å²) in [5.41, 5.74) is 0. The molecule has 0 saturated carbocycles. The molecule has 0 aromatic rings. The van der Waals surface area contributed by atoms with Crippen molar-refractivity contribution in [2.45, 2.75) is 40.7 Å². The monoisotopic (exact) mass is 202 g/mol. The van der Waals surface area contributed by atoms with Crippen LogP contribution in [-0.2, 0) is 14.3 Å². The molecule has 0 spiro atoms. The van der Waals surface area contributed by atoms with Crippen LogP contribution in [-0.4, -0.2) is 25.3 Å². The van der Waals surface area contributed by atoms with E-state index in [2.05, 4.69) is 13.8 Å². The molecule has 0 bridgehead atoms. The van der Waals surface area contributed by atoms with Gasteiger partial charge in [-0.15, -0.1) is 0 Å². The summed E-state index contributed by atoms with van der Waals surface area (Å²) in [5, 5.41) is 0. The molecule has 0 aliphatic carbocycles. The number of ether oxygens (including phenoxy) is 2. The molecule has 1 unspecified atom stereocenters. The summed E-state index contributed by atoms with van der Waals surface area (Å²) < 4.78 is 10.5. The predicted molar refractivity (Wildman–Crippen MR) is 56.0 cm³/mol. The third-order valence-corrected chi connectivity index (χ3v) is 1.59.